The minimum Gasteiger partial charge on any atom is -0.480 e. The smallest absolute Gasteiger partial charge is 0.326 e. The molecule has 1 aromatic carbocycles. The first-order valence-corrected chi connectivity index (χ1v) is 7.42. The van der Waals surface area contributed by atoms with Crippen LogP contribution in [0.25, 0.3) is 0 Å². The summed E-state index contributed by atoms with van der Waals surface area (Å²) in [4.78, 5) is 42.1. The van der Waals surface area contributed by atoms with E-state index in [9.17, 15) is 14.4 Å². The first kappa shape index (κ1) is 17.9. The molecule has 0 saturated carbocycles. The Labute approximate surface area is 143 Å². The molecule has 0 aliphatic heterocycles. The maximum atomic E-state index is 12.1. The molecule has 1 heterocycles. The molecule has 9 nitrogen and oxygen atoms in total. The number of amides is 2. The first-order valence-electron chi connectivity index (χ1n) is 7.42. The van der Waals surface area contributed by atoms with E-state index in [4.69, 9.17) is 10.8 Å². The third-order valence-electron chi connectivity index (χ3n) is 3.25. The van der Waals surface area contributed by atoms with Gasteiger partial charge in [0, 0.05) is 30.1 Å². The number of hydrogen-bond acceptors (Lipinski definition) is 6. The normalized spacial score (nSPS) is 11.4. The maximum Gasteiger partial charge on any atom is 0.326 e. The number of aromatic nitrogens is 2. The van der Waals surface area contributed by atoms with E-state index in [0.29, 0.717) is 11.6 Å². The van der Waals surface area contributed by atoms with Crippen LogP contribution in [0.2, 0.25) is 0 Å². The van der Waals surface area contributed by atoms with E-state index in [1.165, 1.54) is 12.1 Å². The van der Waals surface area contributed by atoms with Crippen LogP contribution in [0.15, 0.2) is 42.7 Å². The molecule has 0 bridgehead atoms. The molecule has 0 fully saturated rings. The predicted molar refractivity (Wildman–Crippen MR) is 89.1 cm³/mol. The Bertz CT molecular complexity index is 749. The van der Waals surface area contributed by atoms with Gasteiger partial charge in [-0.2, -0.15) is 0 Å². The van der Waals surface area contributed by atoms with E-state index in [2.05, 4.69) is 20.6 Å². The summed E-state index contributed by atoms with van der Waals surface area (Å²) < 4.78 is 0. The fourth-order valence-electron chi connectivity index (χ4n) is 1.98. The van der Waals surface area contributed by atoms with E-state index >= 15 is 0 Å². The summed E-state index contributed by atoms with van der Waals surface area (Å²) in [5, 5.41) is 14.4. The average molecular weight is 343 g/mol. The summed E-state index contributed by atoms with van der Waals surface area (Å²) in [6, 6.07) is 6.86. The van der Waals surface area contributed by atoms with Gasteiger partial charge >= 0.3 is 5.97 Å². The fraction of sp³-hybridized carbons (Fsp3) is 0.188. The number of primary amides is 1. The lowest BCUT2D eigenvalue weighted by Crippen LogP contribution is -2.41. The number of nitrogens with two attached hydrogens (primary N) is 1. The quantitative estimate of drug-likeness (QED) is 0.550. The van der Waals surface area contributed by atoms with Gasteiger partial charge in [0.1, 0.15) is 6.04 Å². The summed E-state index contributed by atoms with van der Waals surface area (Å²) in [5.41, 5.74) is 5.96. The van der Waals surface area contributed by atoms with Gasteiger partial charge in [-0.3, -0.25) is 9.59 Å². The van der Waals surface area contributed by atoms with Crippen molar-refractivity contribution >= 4 is 29.4 Å². The Morgan fingerprint density at radius 2 is 1.76 bits per heavy atom. The molecular weight excluding hydrogens is 326 g/mol. The third-order valence-corrected chi connectivity index (χ3v) is 3.25. The van der Waals surface area contributed by atoms with E-state index in [0.717, 1.165) is 0 Å². The SMILES string of the molecule is NC(=O)CC[C@H](NC(=O)c1ccc(Nc2ncccn2)cc1)C(=O)O. The van der Waals surface area contributed by atoms with Crippen LogP contribution >= 0.6 is 0 Å². The Hall–Kier alpha value is -3.49. The maximum absolute atomic E-state index is 12.1. The number of nitrogens with zero attached hydrogens (tertiary/aromatic N) is 2. The van der Waals surface area contributed by atoms with Gasteiger partial charge in [-0.1, -0.05) is 0 Å². The van der Waals surface area contributed by atoms with Gasteiger partial charge in [0.2, 0.25) is 11.9 Å². The second-order valence-corrected chi connectivity index (χ2v) is 5.14. The van der Waals surface area contributed by atoms with Crippen molar-refractivity contribution in [3.05, 3.63) is 48.3 Å². The Balaban J connectivity index is 1.99. The van der Waals surface area contributed by atoms with Crippen LogP contribution in [0.5, 0.6) is 0 Å². The van der Waals surface area contributed by atoms with Gasteiger partial charge < -0.3 is 21.5 Å². The number of carbonyl (C=O) groups excluding carboxylic acids is 2. The van der Waals surface area contributed by atoms with E-state index in [1.807, 2.05) is 0 Å². The Morgan fingerprint density at radius 3 is 2.32 bits per heavy atom. The number of aliphatic carboxylic acids is 1. The number of hydrogen-bond donors (Lipinski definition) is 4. The Kier molecular flexibility index (Phi) is 5.99. The highest BCUT2D eigenvalue weighted by atomic mass is 16.4. The lowest BCUT2D eigenvalue weighted by Gasteiger charge is -2.14. The van der Waals surface area contributed by atoms with Gasteiger partial charge in [-0.15, -0.1) is 0 Å². The van der Waals surface area contributed by atoms with Gasteiger partial charge in [0.25, 0.3) is 5.91 Å². The molecule has 2 aromatic rings. The molecule has 130 valence electrons. The van der Waals surface area contributed by atoms with Gasteiger partial charge in [-0.25, -0.2) is 14.8 Å². The average Bonchev–Trinajstić information content (AvgIpc) is 2.59. The summed E-state index contributed by atoms with van der Waals surface area (Å²) in [5.74, 6) is -2.00. The summed E-state index contributed by atoms with van der Waals surface area (Å²) >= 11 is 0. The molecule has 0 saturated heterocycles. The second kappa shape index (κ2) is 8.39. The van der Waals surface area contributed by atoms with Gasteiger partial charge in [0.05, 0.1) is 0 Å². The largest absolute Gasteiger partial charge is 0.480 e. The Morgan fingerprint density at radius 1 is 1.12 bits per heavy atom. The van der Waals surface area contributed by atoms with Crippen LogP contribution in [-0.2, 0) is 9.59 Å². The fourth-order valence-corrected chi connectivity index (χ4v) is 1.98. The highest BCUT2D eigenvalue weighted by Crippen LogP contribution is 2.13. The van der Waals surface area contributed by atoms with Crippen molar-refractivity contribution in [1.29, 1.82) is 0 Å². The van der Waals surface area contributed by atoms with E-state index in [1.54, 1.807) is 30.6 Å². The lowest BCUT2D eigenvalue weighted by atomic mass is 10.1. The zero-order chi connectivity index (χ0) is 18.2. The standard InChI is InChI=1S/C16H17N5O4/c17-13(22)7-6-12(15(24)25)21-14(23)10-2-4-11(5-3-10)20-16-18-8-1-9-19-16/h1-5,8-9,12H,6-7H2,(H2,17,22)(H,21,23)(H,24,25)(H,18,19,20)/t12-/m0/s1. The van der Waals surface area contributed by atoms with Crippen LogP contribution in [0.3, 0.4) is 0 Å². The molecule has 0 aliphatic rings. The number of carboxylic acid groups (broad SMARTS) is 1. The molecule has 25 heavy (non-hydrogen) atoms. The van der Waals surface area contributed by atoms with Gasteiger partial charge in [0.15, 0.2) is 0 Å². The number of nitrogens with one attached hydrogen (secondary N) is 2. The minimum atomic E-state index is -1.23. The van der Waals surface area contributed by atoms with Crippen LogP contribution in [0.4, 0.5) is 11.6 Å². The van der Waals surface area contributed by atoms with Crippen LogP contribution in [0, 0.1) is 0 Å². The lowest BCUT2D eigenvalue weighted by molar-refractivity contribution is -0.139. The zero-order valence-electron chi connectivity index (χ0n) is 13.2. The van der Waals surface area contributed by atoms with Crippen molar-refractivity contribution in [2.24, 2.45) is 5.73 Å². The molecule has 0 aliphatic carbocycles. The minimum absolute atomic E-state index is 0.0681. The van der Waals surface area contributed by atoms with Crippen molar-refractivity contribution in [2.45, 2.75) is 18.9 Å². The molecule has 0 unspecified atom stereocenters. The molecular formula is C16H17N5O4. The molecule has 5 N–H and O–H groups in total. The van der Waals surface area contributed by atoms with Crippen molar-refractivity contribution in [1.82, 2.24) is 15.3 Å². The van der Waals surface area contributed by atoms with E-state index < -0.39 is 23.8 Å². The summed E-state index contributed by atoms with van der Waals surface area (Å²) in [7, 11) is 0. The molecule has 2 rings (SSSR count). The molecule has 1 aromatic heterocycles. The molecule has 2 amide bonds. The number of benzene rings is 1. The number of carbonyl (C=O) groups is 3. The predicted octanol–water partition coefficient (Wildman–Crippen LogP) is 0.669. The van der Waals surface area contributed by atoms with Gasteiger partial charge in [-0.05, 0) is 36.8 Å². The second-order valence-electron chi connectivity index (χ2n) is 5.14. The monoisotopic (exact) mass is 343 g/mol. The van der Waals surface area contributed by atoms with Crippen molar-refractivity contribution in [2.75, 3.05) is 5.32 Å². The first-order chi connectivity index (χ1) is 12.0. The molecule has 1 atom stereocenters. The molecule has 0 spiro atoms. The van der Waals surface area contributed by atoms with E-state index in [-0.39, 0.29) is 18.4 Å². The molecule has 0 radical (unpaired) electrons. The van der Waals surface area contributed by atoms with Crippen molar-refractivity contribution in [3.8, 4) is 0 Å². The van der Waals surface area contributed by atoms with Crippen molar-refractivity contribution in [3.63, 3.8) is 0 Å². The number of rotatable bonds is 8. The van der Waals surface area contributed by atoms with Crippen LogP contribution in [-0.4, -0.2) is 38.9 Å². The summed E-state index contributed by atoms with van der Waals surface area (Å²) in [6.45, 7) is 0. The number of carboxylic acids is 1. The van der Waals surface area contributed by atoms with Crippen LogP contribution < -0.4 is 16.4 Å². The zero-order valence-corrected chi connectivity index (χ0v) is 13.2. The third kappa shape index (κ3) is 5.57. The highest BCUT2D eigenvalue weighted by molar-refractivity contribution is 5.97. The molecule has 9 heteroatoms. The number of anilines is 2. The van der Waals surface area contributed by atoms with Crippen molar-refractivity contribution < 1.29 is 19.5 Å². The summed E-state index contributed by atoms with van der Waals surface area (Å²) in [6.07, 6.45) is 2.99. The van der Waals surface area contributed by atoms with Crippen LogP contribution in [0.1, 0.15) is 23.2 Å². The highest BCUT2D eigenvalue weighted by Gasteiger charge is 2.21. The topological polar surface area (TPSA) is 147 Å².